The maximum absolute atomic E-state index is 12.6. The van der Waals surface area contributed by atoms with Gasteiger partial charge in [0.2, 0.25) is 6.79 Å². The van der Waals surface area contributed by atoms with Gasteiger partial charge in [-0.3, -0.25) is 20.6 Å². The summed E-state index contributed by atoms with van der Waals surface area (Å²) in [5.74, 6) is 0.560. The largest absolute Gasteiger partial charge is 0.509 e. The highest BCUT2D eigenvalue weighted by Gasteiger charge is 2.32. The number of nitrogens with zero attached hydrogens (tertiary/aromatic N) is 2. The number of ether oxygens (including phenoxy) is 2. The molecule has 2 aliphatic rings. The molecule has 0 aliphatic carbocycles. The van der Waals surface area contributed by atoms with Crippen molar-refractivity contribution < 1.29 is 19.4 Å². The molecule has 8 nitrogen and oxygen atoms in total. The number of carbonyl (C=O) groups excluding carboxylic acids is 1. The zero-order valence-corrected chi connectivity index (χ0v) is 17.5. The molecule has 31 heavy (non-hydrogen) atoms. The Bertz CT molecular complexity index is 1240. The van der Waals surface area contributed by atoms with Crippen molar-refractivity contribution in [2.75, 3.05) is 13.3 Å². The lowest BCUT2D eigenvalue weighted by atomic mass is 10.2. The predicted octanol–water partition coefficient (Wildman–Crippen LogP) is 4.10. The number of aliphatic hydroxyl groups excluding tert-OH is 1. The number of carbonyl (C=O) groups is 1. The number of aliphatic hydroxyl groups is 1. The zero-order valence-electron chi connectivity index (χ0n) is 15.9. The molecule has 10 heteroatoms. The molecule has 1 aromatic heterocycles. The van der Waals surface area contributed by atoms with Crippen molar-refractivity contribution in [2.45, 2.75) is 0 Å². The van der Waals surface area contributed by atoms with Gasteiger partial charge in [-0.2, -0.15) is 0 Å². The van der Waals surface area contributed by atoms with Gasteiger partial charge in [-0.15, -0.1) is 11.3 Å². The first-order valence-electron chi connectivity index (χ1n) is 9.20. The van der Waals surface area contributed by atoms with Crippen LogP contribution in [0.2, 0.25) is 5.02 Å². The first kappa shape index (κ1) is 19.4. The van der Waals surface area contributed by atoms with Gasteiger partial charge in [-0.05, 0) is 30.3 Å². The average molecular weight is 455 g/mol. The SMILES string of the molecule is N=C1C(c2nc(-c3ccc(Cl)cc3)cs2)=C(O)CN1NC(=O)c1ccc2c(c1)OCO2. The molecule has 3 N–H and O–H groups in total. The summed E-state index contributed by atoms with van der Waals surface area (Å²) in [7, 11) is 0. The summed E-state index contributed by atoms with van der Waals surface area (Å²) < 4.78 is 10.5. The molecule has 0 fully saturated rings. The van der Waals surface area contributed by atoms with E-state index in [-0.39, 0.29) is 30.5 Å². The van der Waals surface area contributed by atoms with Crippen LogP contribution in [-0.2, 0) is 0 Å². The van der Waals surface area contributed by atoms with Crippen molar-refractivity contribution in [1.82, 2.24) is 15.4 Å². The fourth-order valence-corrected chi connectivity index (χ4v) is 4.29. The van der Waals surface area contributed by atoms with Crippen molar-refractivity contribution in [3.63, 3.8) is 0 Å². The smallest absolute Gasteiger partial charge is 0.269 e. The normalized spacial score (nSPS) is 15.0. The third-order valence-corrected chi connectivity index (χ3v) is 5.94. The van der Waals surface area contributed by atoms with E-state index >= 15 is 0 Å². The van der Waals surface area contributed by atoms with Crippen molar-refractivity contribution in [2.24, 2.45) is 0 Å². The third-order valence-electron chi connectivity index (χ3n) is 4.83. The molecule has 156 valence electrons. The Balaban J connectivity index is 1.32. The van der Waals surface area contributed by atoms with Crippen molar-refractivity contribution in [3.05, 3.63) is 69.2 Å². The molecular weight excluding hydrogens is 440 g/mol. The summed E-state index contributed by atoms with van der Waals surface area (Å²) in [6, 6.07) is 12.1. The van der Waals surface area contributed by atoms with Crippen LogP contribution in [0.3, 0.4) is 0 Å². The monoisotopic (exact) mass is 454 g/mol. The number of benzene rings is 2. The first-order valence-corrected chi connectivity index (χ1v) is 10.5. The Morgan fingerprint density at radius 1 is 1.19 bits per heavy atom. The lowest BCUT2D eigenvalue weighted by molar-refractivity contribution is 0.0874. The van der Waals surface area contributed by atoms with Crippen LogP contribution in [0.25, 0.3) is 16.8 Å². The van der Waals surface area contributed by atoms with Gasteiger partial charge in [-0.25, -0.2) is 4.98 Å². The molecule has 0 saturated heterocycles. The molecule has 0 atom stereocenters. The third kappa shape index (κ3) is 3.58. The number of aromatic nitrogens is 1. The minimum absolute atomic E-state index is 0.0275. The van der Waals surface area contributed by atoms with E-state index in [4.69, 9.17) is 26.5 Å². The Morgan fingerprint density at radius 2 is 1.97 bits per heavy atom. The summed E-state index contributed by atoms with van der Waals surface area (Å²) in [5.41, 5.74) is 4.88. The number of amidine groups is 1. The number of amides is 1. The van der Waals surface area contributed by atoms with E-state index in [0.717, 1.165) is 5.56 Å². The van der Waals surface area contributed by atoms with E-state index < -0.39 is 5.91 Å². The van der Waals surface area contributed by atoms with Crippen LogP contribution in [0.4, 0.5) is 0 Å². The summed E-state index contributed by atoms with van der Waals surface area (Å²) in [6.45, 7) is 0.0878. The van der Waals surface area contributed by atoms with Crippen LogP contribution in [0.15, 0.2) is 53.6 Å². The van der Waals surface area contributed by atoms with Crippen molar-refractivity contribution in [1.29, 1.82) is 5.41 Å². The molecule has 2 aromatic carbocycles. The van der Waals surface area contributed by atoms with Gasteiger partial charge in [0.1, 0.15) is 10.8 Å². The van der Waals surface area contributed by atoms with Crippen molar-refractivity contribution in [3.8, 4) is 22.8 Å². The fourth-order valence-electron chi connectivity index (χ4n) is 3.27. The standard InChI is InChI=1S/C21H15ClN4O4S/c22-13-4-1-11(2-5-13)14-9-31-21(24-14)18-15(27)8-26(19(18)23)25-20(28)12-3-6-16-17(7-12)30-10-29-16/h1-7,9,23,27H,8,10H2,(H,25,28). The van der Waals surface area contributed by atoms with Gasteiger partial charge in [0.05, 0.1) is 17.8 Å². The van der Waals surface area contributed by atoms with E-state index in [0.29, 0.717) is 32.8 Å². The Hall–Kier alpha value is -3.56. The molecule has 3 heterocycles. The minimum atomic E-state index is -0.432. The van der Waals surface area contributed by atoms with E-state index in [1.807, 2.05) is 17.5 Å². The van der Waals surface area contributed by atoms with Gasteiger partial charge in [-0.1, -0.05) is 23.7 Å². The lowest BCUT2D eigenvalue weighted by Crippen LogP contribution is -2.43. The lowest BCUT2D eigenvalue weighted by Gasteiger charge is -2.19. The van der Waals surface area contributed by atoms with E-state index in [1.165, 1.54) is 16.3 Å². The van der Waals surface area contributed by atoms with Crippen LogP contribution in [-0.4, -0.2) is 40.2 Å². The molecule has 0 unspecified atom stereocenters. The Morgan fingerprint density at radius 3 is 2.77 bits per heavy atom. The van der Waals surface area contributed by atoms with Crippen molar-refractivity contribution >= 4 is 40.3 Å². The molecule has 0 saturated carbocycles. The minimum Gasteiger partial charge on any atom is -0.509 e. The molecular formula is C21H15ClN4O4S. The van der Waals surface area contributed by atoms with Gasteiger partial charge in [0.15, 0.2) is 17.3 Å². The number of thiazole rings is 1. The van der Waals surface area contributed by atoms with Crippen LogP contribution in [0.5, 0.6) is 11.5 Å². The second-order valence-corrected chi connectivity index (χ2v) is 8.10. The quantitative estimate of drug-likeness (QED) is 0.547. The van der Waals surface area contributed by atoms with Crippen LogP contribution < -0.4 is 14.9 Å². The number of nitrogens with one attached hydrogen (secondary N) is 2. The number of hydrogen-bond acceptors (Lipinski definition) is 7. The number of hydrazine groups is 1. The zero-order chi connectivity index (χ0) is 21.5. The maximum Gasteiger partial charge on any atom is 0.269 e. The molecule has 0 radical (unpaired) electrons. The molecule has 5 rings (SSSR count). The maximum atomic E-state index is 12.6. The highest BCUT2D eigenvalue weighted by atomic mass is 35.5. The number of fused-ring (bicyclic) bond motifs is 1. The highest BCUT2D eigenvalue weighted by molar-refractivity contribution is 7.11. The van der Waals surface area contributed by atoms with E-state index in [9.17, 15) is 9.90 Å². The van der Waals surface area contributed by atoms with Crippen LogP contribution >= 0.6 is 22.9 Å². The Kier molecular flexibility index (Phi) is 4.76. The second kappa shape index (κ2) is 7.60. The summed E-state index contributed by atoms with van der Waals surface area (Å²) >= 11 is 7.25. The topological polar surface area (TPSA) is 108 Å². The first-order chi connectivity index (χ1) is 15.0. The number of halogens is 1. The summed E-state index contributed by atoms with van der Waals surface area (Å²) in [4.78, 5) is 17.2. The van der Waals surface area contributed by atoms with Gasteiger partial charge in [0.25, 0.3) is 5.91 Å². The van der Waals surface area contributed by atoms with Gasteiger partial charge < -0.3 is 14.6 Å². The average Bonchev–Trinajstić information content (AvgIpc) is 3.48. The van der Waals surface area contributed by atoms with Crippen LogP contribution in [0.1, 0.15) is 15.4 Å². The molecule has 2 aliphatic heterocycles. The summed E-state index contributed by atoms with van der Waals surface area (Å²) in [6.07, 6.45) is 0. The van der Waals surface area contributed by atoms with Gasteiger partial charge >= 0.3 is 0 Å². The fraction of sp³-hybridized carbons (Fsp3) is 0.0952. The van der Waals surface area contributed by atoms with E-state index in [1.54, 1.807) is 30.3 Å². The summed E-state index contributed by atoms with van der Waals surface area (Å²) in [5, 5.41) is 23.2. The second-order valence-electron chi connectivity index (χ2n) is 6.81. The van der Waals surface area contributed by atoms with Crippen LogP contribution in [0, 0.1) is 5.41 Å². The highest BCUT2D eigenvalue weighted by Crippen LogP contribution is 2.34. The molecule has 0 spiro atoms. The number of hydrogen-bond donors (Lipinski definition) is 3. The number of rotatable bonds is 4. The Labute approximate surface area is 185 Å². The van der Waals surface area contributed by atoms with Gasteiger partial charge in [0, 0.05) is 21.5 Å². The molecule has 1 amide bonds. The molecule has 0 bridgehead atoms. The molecule has 3 aromatic rings. The van der Waals surface area contributed by atoms with E-state index in [2.05, 4.69) is 10.4 Å². The predicted molar refractivity (Wildman–Crippen MR) is 117 cm³/mol.